The fourth-order valence-corrected chi connectivity index (χ4v) is 2.66. The zero-order chi connectivity index (χ0) is 19.2. The Labute approximate surface area is 149 Å². The van der Waals surface area contributed by atoms with E-state index < -0.39 is 12.5 Å². The molecule has 1 radical (unpaired) electrons. The van der Waals surface area contributed by atoms with Gasteiger partial charge in [-0.15, -0.1) is 13.2 Å². The van der Waals surface area contributed by atoms with Crippen molar-refractivity contribution in [3.63, 3.8) is 0 Å². The van der Waals surface area contributed by atoms with E-state index in [1.165, 1.54) is 23.1 Å². The highest BCUT2D eigenvalue weighted by Crippen LogP contribution is 2.23. The second kappa shape index (κ2) is 8.88. The number of hydrogen-bond donors (Lipinski definition) is 0. The monoisotopic (exact) mass is 373 g/mol. The van der Waals surface area contributed by atoms with Crippen LogP contribution in [0, 0.1) is 0 Å². The molecular weight excluding hydrogens is 353 g/mol. The fourth-order valence-electron chi connectivity index (χ4n) is 2.66. The van der Waals surface area contributed by atoms with E-state index in [4.69, 9.17) is 4.74 Å². The number of nitrogens with zero attached hydrogens (tertiary/aromatic N) is 2. The van der Waals surface area contributed by atoms with Crippen LogP contribution >= 0.6 is 0 Å². The average molecular weight is 373 g/mol. The Morgan fingerprint density at radius 1 is 1.27 bits per heavy atom. The summed E-state index contributed by atoms with van der Waals surface area (Å²) in [6, 6.07) is 5.37. The highest BCUT2D eigenvalue weighted by atomic mass is 19.4. The van der Waals surface area contributed by atoms with Gasteiger partial charge in [0.05, 0.1) is 0 Å². The molecule has 26 heavy (non-hydrogen) atoms. The molecule has 0 N–H and O–H groups in total. The molecule has 1 aromatic carbocycles. The minimum Gasteiger partial charge on any atom is -0.445 e. The molecular formula is C17H20F3N2O4. The van der Waals surface area contributed by atoms with E-state index in [-0.39, 0.29) is 18.4 Å². The third-order valence-corrected chi connectivity index (χ3v) is 4.07. The summed E-state index contributed by atoms with van der Waals surface area (Å²) >= 11 is 0. The maximum Gasteiger partial charge on any atom is 0.573 e. The van der Waals surface area contributed by atoms with Gasteiger partial charge in [0.15, 0.2) is 6.29 Å². The van der Waals surface area contributed by atoms with Gasteiger partial charge in [-0.1, -0.05) is 12.1 Å². The molecule has 1 aromatic rings. The van der Waals surface area contributed by atoms with Gasteiger partial charge in [-0.3, -0.25) is 9.69 Å². The number of ether oxygens (including phenoxy) is 2. The van der Waals surface area contributed by atoms with Crippen LogP contribution in [0.2, 0.25) is 0 Å². The van der Waals surface area contributed by atoms with Gasteiger partial charge in [-0.05, 0) is 24.6 Å². The Bertz CT molecular complexity index is 616. The van der Waals surface area contributed by atoms with Crippen molar-refractivity contribution >= 4 is 12.4 Å². The van der Waals surface area contributed by atoms with Crippen LogP contribution in [0.4, 0.5) is 18.0 Å². The number of benzene rings is 1. The number of carbonyl (C=O) groups excluding carboxylic acids is 2. The Balaban J connectivity index is 1.80. The van der Waals surface area contributed by atoms with E-state index >= 15 is 0 Å². The van der Waals surface area contributed by atoms with Gasteiger partial charge in [-0.2, -0.15) is 0 Å². The van der Waals surface area contributed by atoms with Crippen molar-refractivity contribution in [2.75, 3.05) is 26.2 Å². The normalized spacial score (nSPS) is 16.8. The van der Waals surface area contributed by atoms with Crippen molar-refractivity contribution in [3.05, 3.63) is 29.8 Å². The smallest absolute Gasteiger partial charge is 0.445 e. The van der Waals surface area contributed by atoms with Crippen LogP contribution in [0.5, 0.6) is 5.75 Å². The minimum atomic E-state index is -4.77. The van der Waals surface area contributed by atoms with Gasteiger partial charge in [0.25, 0.3) is 0 Å². The van der Waals surface area contributed by atoms with Crippen molar-refractivity contribution in [1.29, 1.82) is 0 Å². The van der Waals surface area contributed by atoms with Crippen LogP contribution in [0.25, 0.3) is 0 Å². The lowest BCUT2D eigenvalue weighted by atomic mass is 10.2. The van der Waals surface area contributed by atoms with Crippen LogP contribution in [0.3, 0.4) is 0 Å². The molecule has 0 aromatic heterocycles. The molecule has 1 saturated heterocycles. The zero-order valence-corrected chi connectivity index (χ0v) is 14.3. The molecule has 6 nitrogen and oxygen atoms in total. The summed E-state index contributed by atoms with van der Waals surface area (Å²) in [5.74, 6) is -0.361. The van der Waals surface area contributed by atoms with Crippen molar-refractivity contribution in [1.82, 2.24) is 9.80 Å². The predicted octanol–water partition coefficient (Wildman–Crippen LogP) is 2.73. The van der Waals surface area contributed by atoms with E-state index in [0.717, 1.165) is 0 Å². The molecule has 0 bridgehead atoms. The summed E-state index contributed by atoms with van der Waals surface area (Å²) in [7, 11) is 0. The Morgan fingerprint density at radius 3 is 2.58 bits per heavy atom. The number of halogens is 3. The molecule has 1 fully saturated rings. The molecule has 0 spiro atoms. The number of carbonyl (C=O) groups is 1. The molecule has 9 heteroatoms. The Morgan fingerprint density at radius 2 is 1.96 bits per heavy atom. The quantitative estimate of drug-likeness (QED) is 0.767. The first-order valence-electron chi connectivity index (χ1n) is 8.14. The van der Waals surface area contributed by atoms with Gasteiger partial charge >= 0.3 is 12.5 Å². The third-order valence-electron chi connectivity index (χ3n) is 4.07. The van der Waals surface area contributed by atoms with Crippen LogP contribution in [0.1, 0.15) is 18.9 Å². The van der Waals surface area contributed by atoms with Crippen molar-refractivity contribution < 1.29 is 32.2 Å². The topological polar surface area (TPSA) is 59.1 Å². The van der Waals surface area contributed by atoms with Crippen LogP contribution in [-0.4, -0.2) is 60.8 Å². The van der Waals surface area contributed by atoms with E-state index in [1.54, 1.807) is 6.07 Å². The minimum absolute atomic E-state index is 0.0713. The van der Waals surface area contributed by atoms with E-state index in [2.05, 4.69) is 9.64 Å². The lowest BCUT2D eigenvalue weighted by Gasteiger charge is -2.36. The number of hydrogen-bond acceptors (Lipinski definition) is 5. The number of amides is 1. The molecule has 0 saturated carbocycles. The molecule has 0 aliphatic carbocycles. The van der Waals surface area contributed by atoms with E-state index in [0.29, 0.717) is 38.2 Å². The number of rotatable bonds is 6. The number of piperazine rings is 1. The lowest BCUT2D eigenvalue weighted by Crippen LogP contribution is -2.51. The van der Waals surface area contributed by atoms with Crippen LogP contribution in [-0.2, 0) is 16.1 Å². The molecule has 1 atom stereocenters. The average Bonchev–Trinajstić information content (AvgIpc) is 2.59. The Hall–Kier alpha value is -2.29. The second-order valence-corrected chi connectivity index (χ2v) is 5.97. The van der Waals surface area contributed by atoms with Gasteiger partial charge < -0.3 is 14.4 Å². The maximum absolute atomic E-state index is 12.2. The van der Waals surface area contributed by atoms with Crippen molar-refractivity contribution in [2.45, 2.75) is 32.4 Å². The third kappa shape index (κ3) is 6.21. The summed E-state index contributed by atoms with van der Waals surface area (Å²) < 4.78 is 45.7. The van der Waals surface area contributed by atoms with E-state index in [9.17, 15) is 22.8 Å². The van der Waals surface area contributed by atoms with Gasteiger partial charge in [-0.25, -0.2) is 4.79 Å². The van der Waals surface area contributed by atoms with Crippen LogP contribution < -0.4 is 4.74 Å². The van der Waals surface area contributed by atoms with Crippen molar-refractivity contribution in [2.24, 2.45) is 0 Å². The first-order valence-corrected chi connectivity index (χ1v) is 8.14. The van der Waals surface area contributed by atoms with Gasteiger partial charge in [0, 0.05) is 38.6 Å². The van der Waals surface area contributed by atoms with Gasteiger partial charge in [0.1, 0.15) is 12.4 Å². The van der Waals surface area contributed by atoms with Gasteiger partial charge in [0.2, 0.25) is 0 Å². The highest BCUT2D eigenvalue weighted by Gasteiger charge is 2.31. The first-order chi connectivity index (χ1) is 12.3. The zero-order valence-electron chi connectivity index (χ0n) is 14.3. The van der Waals surface area contributed by atoms with Crippen LogP contribution in [0.15, 0.2) is 24.3 Å². The standard InChI is InChI=1S/C17H20F3N2O4/c1-13(5-10-23)21-6-8-22(9-7-21)16(24)25-12-14-3-2-4-15(11-14)26-17(18,19)20/h2-4,11,13H,5-9,12H2,1H3. The predicted molar refractivity (Wildman–Crippen MR) is 86.2 cm³/mol. The summed E-state index contributed by atoms with van der Waals surface area (Å²) in [5, 5.41) is 0. The summed E-state index contributed by atoms with van der Waals surface area (Å²) in [6.45, 7) is 3.93. The molecule has 1 aliphatic rings. The first kappa shape index (κ1) is 20.0. The fraction of sp³-hybridized carbons (Fsp3) is 0.529. The lowest BCUT2D eigenvalue weighted by molar-refractivity contribution is -0.274. The SMILES string of the molecule is CC(C[C]=O)N1CCN(C(=O)OCc2cccc(OC(F)(F)F)c2)CC1. The molecule has 1 unspecified atom stereocenters. The molecule has 1 heterocycles. The highest BCUT2D eigenvalue weighted by molar-refractivity contribution is 5.67. The van der Waals surface area contributed by atoms with E-state index in [1.807, 2.05) is 13.2 Å². The largest absolute Gasteiger partial charge is 0.573 e. The maximum atomic E-state index is 12.2. The van der Waals surface area contributed by atoms with Crippen molar-refractivity contribution in [3.8, 4) is 5.75 Å². The summed E-state index contributed by atoms with van der Waals surface area (Å²) in [6.07, 6.45) is -3.10. The number of alkyl halides is 3. The second-order valence-electron chi connectivity index (χ2n) is 5.97. The Kier molecular flexibility index (Phi) is 6.84. The molecule has 2 rings (SSSR count). The molecule has 1 aliphatic heterocycles. The molecule has 143 valence electrons. The molecule has 1 amide bonds. The summed E-state index contributed by atoms with van der Waals surface area (Å²) in [5.41, 5.74) is 0.397. The summed E-state index contributed by atoms with van der Waals surface area (Å²) in [4.78, 5) is 26.2.